The summed E-state index contributed by atoms with van der Waals surface area (Å²) in [4.78, 5) is 31.0. The Morgan fingerprint density at radius 3 is 2.77 bits per heavy atom. The van der Waals surface area contributed by atoms with E-state index in [1.54, 1.807) is 24.4 Å². The zero-order valence-electron chi connectivity index (χ0n) is 14.1. The fourth-order valence-electron chi connectivity index (χ4n) is 3.13. The van der Waals surface area contributed by atoms with Crippen LogP contribution in [-0.2, 0) is 6.42 Å². The molecule has 1 aliphatic rings. The van der Waals surface area contributed by atoms with Gasteiger partial charge in [0.1, 0.15) is 5.82 Å². The Kier molecular flexibility index (Phi) is 3.88. The Morgan fingerprint density at radius 1 is 1.15 bits per heavy atom. The Morgan fingerprint density at radius 2 is 2.00 bits per heavy atom. The van der Waals surface area contributed by atoms with Gasteiger partial charge in [-0.05, 0) is 43.3 Å². The van der Waals surface area contributed by atoms with E-state index in [4.69, 9.17) is 0 Å². The lowest BCUT2D eigenvalue weighted by molar-refractivity contribution is 0.0945. The molecule has 0 radical (unpaired) electrons. The molecular formula is C20H16FN3O2. The van der Waals surface area contributed by atoms with Crippen LogP contribution >= 0.6 is 0 Å². The van der Waals surface area contributed by atoms with Crippen molar-refractivity contribution in [2.45, 2.75) is 13.3 Å². The molecule has 3 aromatic rings. The van der Waals surface area contributed by atoms with Crippen LogP contribution < -0.4 is 5.32 Å². The second-order valence-electron chi connectivity index (χ2n) is 6.26. The van der Waals surface area contributed by atoms with Crippen LogP contribution in [0.5, 0.6) is 0 Å². The van der Waals surface area contributed by atoms with Crippen LogP contribution in [0.3, 0.4) is 0 Å². The van der Waals surface area contributed by atoms with Gasteiger partial charge in [-0.2, -0.15) is 0 Å². The fourth-order valence-corrected chi connectivity index (χ4v) is 3.13. The molecule has 5 nitrogen and oxygen atoms in total. The molecule has 0 saturated heterocycles. The maximum Gasteiger partial charge on any atom is 0.253 e. The number of benzene rings is 1. The molecule has 0 fully saturated rings. The molecule has 0 saturated carbocycles. The number of pyridine rings is 1. The summed E-state index contributed by atoms with van der Waals surface area (Å²) in [7, 11) is 0. The number of halogens is 1. The number of Topliss-reactive ketones (excluding diaryl/α,β-unsaturated/α-hetero) is 1. The maximum atomic E-state index is 14.3. The van der Waals surface area contributed by atoms with E-state index in [0.29, 0.717) is 23.4 Å². The van der Waals surface area contributed by atoms with Crippen molar-refractivity contribution in [1.29, 1.82) is 0 Å². The van der Waals surface area contributed by atoms with E-state index in [1.807, 2.05) is 0 Å². The summed E-state index contributed by atoms with van der Waals surface area (Å²) in [6.07, 6.45) is 2.33. The molecule has 0 spiro atoms. The van der Waals surface area contributed by atoms with Crippen molar-refractivity contribution in [2.75, 3.05) is 6.54 Å². The number of amides is 1. The van der Waals surface area contributed by atoms with Crippen LogP contribution in [0.4, 0.5) is 4.39 Å². The van der Waals surface area contributed by atoms with E-state index >= 15 is 0 Å². The van der Waals surface area contributed by atoms with E-state index in [1.165, 1.54) is 25.1 Å². The van der Waals surface area contributed by atoms with E-state index in [9.17, 15) is 14.0 Å². The van der Waals surface area contributed by atoms with E-state index < -0.39 is 5.82 Å². The first-order chi connectivity index (χ1) is 12.5. The van der Waals surface area contributed by atoms with E-state index in [0.717, 1.165) is 23.4 Å². The number of nitrogens with zero attached hydrogens (tertiary/aromatic N) is 1. The lowest BCUT2D eigenvalue weighted by Crippen LogP contribution is -2.31. The summed E-state index contributed by atoms with van der Waals surface area (Å²) < 4.78 is 14.3. The first-order valence-corrected chi connectivity index (χ1v) is 8.30. The van der Waals surface area contributed by atoms with E-state index in [-0.39, 0.29) is 17.3 Å². The van der Waals surface area contributed by atoms with Gasteiger partial charge < -0.3 is 10.3 Å². The summed E-state index contributed by atoms with van der Waals surface area (Å²) in [6.45, 7) is 2.05. The average Bonchev–Trinajstić information content (AvgIpc) is 3.08. The highest BCUT2D eigenvalue weighted by molar-refractivity contribution is 5.98. The smallest absolute Gasteiger partial charge is 0.253 e. The number of carbonyl (C=O) groups is 2. The number of aromatic nitrogens is 2. The topological polar surface area (TPSA) is 74.8 Å². The lowest BCUT2D eigenvalue weighted by Gasteiger charge is -2.11. The predicted octanol–water partition coefficient (Wildman–Crippen LogP) is 3.37. The Bertz CT molecular complexity index is 1040. The molecule has 0 bridgehead atoms. The molecule has 26 heavy (non-hydrogen) atoms. The van der Waals surface area contributed by atoms with Crippen molar-refractivity contribution in [3.63, 3.8) is 0 Å². The van der Waals surface area contributed by atoms with Gasteiger partial charge in [-0.25, -0.2) is 4.39 Å². The van der Waals surface area contributed by atoms with Gasteiger partial charge in [-0.15, -0.1) is 0 Å². The standard InChI is InChI=1S/C20H16FN3O2/c1-11(25)12-2-3-16(21)14(8-12)19-9-13(4-6-22-19)18-10-15-17(24-18)5-7-23-20(15)26/h2-4,6,8-10,24H,5,7H2,1H3,(H,23,26). The predicted molar refractivity (Wildman–Crippen MR) is 95.5 cm³/mol. The molecule has 1 amide bonds. The number of aromatic amines is 1. The molecule has 1 aliphatic heterocycles. The lowest BCUT2D eigenvalue weighted by atomic mass is 10.0. The number of hydrogen-bond donors (Lipinski definition) is 2. The second-order valence-corrected chi connectivity index (χ2v) is 6.26. The zero-order chi connectivity index (χ0) is 18.3. The Hall–Kier alpha value is -3.28. The zero-order valence-corrected chi connectivity index (χ0v) is 14.1. The van der Waals surface area contributed by atoms with Crippen molar-refractivity contribution in [3.8, 4) is 22.5 Å². The van der Waals surface area contributed by atoms with Crippen LogP contribution in [-0.4, -0.2) is 28.2 Å². The highest BCUT2D eigenvalue weighted by atomic mass is 19.1. The van der Waals surface area contributed by atoms with Gasteiger partial charge in [-0.1, -0.05) is 0 Å². The number of nitrogens with one attached hydrogen (secondary N) is 2. The van der Waals surface area contributed by atoms with Gasteiger partial charge in [0.05, 0.1) is 11.3 Å². The third-order valence-electron chi connectivity index (χ3n) is 4.52. The molecule has 2 aromatic heterocycles. The first kappa shape index (κ1) is 16.2. The molecule has 3 heterocycles. The third-order valence-corrected chi connectivity index (χ3v) is 4.52. The minimum Gasteiger partial charge on any atom is -0.358 e. The Labute approximate surface area is 149 Å². The molecule has 130 valence electrons. The Balaban J connectivity index is 1.78. The highest BCUT2D eigenvalue weighted by Crippen LogP contribution is 2.28. The number of carbonyl (C=O) groups excluding carboxylic acids is 2. The molecule has 1 aromatic carbocycles. The van der Waals surface area contributed by atoms with E-state index in [2.05, 4.69) is 15.3 Å². The van der Waals surface area contributed by atoms with Gasteiger partial charge in [0.2, 0.25) is 0 Å². The minimum absolute atomic E-state index is 0.0942. The van der Waals surface area contributed by atoms with Crippen LogP contribution in [0.15, 0.2) is 42.6 Å². The molecule has 6 heteroatoms. The van der Waals surface area contributed by atoms with Crippen molar-refractivity contribution in [3.05, 3.63) is 65.2 Å². The number of ketones is 1. The van der Waals surface area contributed by atoms with Crippen molar-refractivity contribution in [2.24, 2.45) is 0 Å². The van der Waals surface area contributed by atoms with Crippen LogP contribution in [0.2, 0.25) is 0 Å². The SMILES string of the molecule is CC(=O)c1ccc(F)c(-c2cc(-c3cc4c([nH]3)CCNC4=O)ccn2)c1. The largest absolute Gasteiger partial charge is 0.358 e. The van der Waals surface area contributed by atoms with Crippen LogP contribution in [0, 0.1) is 5.82 Å². The molecule has 0 atom stereocenters. The number of rotatable bonds is 3. The summed E-state index contributed by atoms with van der Waals surface area (Å²) in [5.74, 6) is -0.668. The normalized spacial score (nSPS) is 13.2. The fraction of sp³-hybridized carbons (Fsp3) is 0.150. The summed E-state index contributed by atoms with van der Waals surface area (Å²) in [5, 5.41) is 2.81. The van der Waals surface area contributed by atoms with Crippen molar-refractivity contribution in [1.82, 2.24) is 15.3 Å². The molecular weight excluding hydrogens is 333 g/mol. The molecule has 0 unspecified atom stereocenters. The average molecular weight is 349 g/mol. The monoisotopic (exact) mass is 349 g/mol. The quantitative estimate of drug-likeness (QED) is 0.712. The summed E-state index contributed by atoms with van der Waals surface area (Å²) in [6, 6.07) is 9.59. The molecule has 2 N–H and O–H groups in total. The summed E-state index contributed by atoms with van der Waals surface area (Å²) in [5.41, 5.74) is 4.24. The van der Waals surface area contributed by atoms with Crippen LogP contribution in [0.1, 0.15) is 33.3 Å². The third kappa shape index (κ3) is 2.79. The van der Waals surface area contributed by atoms with Gasteiger partial charge in [0.25, 0.3) is 5.91 Å². The van der Waals surface area contributed by atoms with Crippen molar-refractivity contribution >= 4 is 11.7 Å². The molecule has 4 rings (SSSR count). The highest BCUT2D eigenvalue weighted by Gasteiger charge is 2.20. The first-order valence-electron chi connectivity index (χ1n) is 8.30. The van der Waals surface area contributed by atoms with Gasteiger partial charge in [0, 0.05) is 47.2 Å². The van der Waals surface area contributed by atoms with Crippen molar-refractivity contribution < 1.29 is 14.0 Å². The minimum atomic E-state index is -0.440. The summed E-state index contributed by atoms with van der Waals surface area (Å²) >= 11 is 0. The van der Waals surface area contributed by atoms with Gasteiger partial charge in [-0.3, -0.25) is 14.6 Å². The second kappa shape index (κ2) is 6.22. The maximum absolute atomic E-state index is 14.3. The van der Waals surface area contributed by atoms with Gasteiger partial charge in [0.15, 0.2) is 5.78 Å². The number of hydrogen-bond acceptors (Lipinski definition) is 3. The molecule has 0 aliphatic carbocycles. The van der Waals surface area contributed by atoms with Crippen LogP contribution in [0.25, 0.3) is 22.5 Å². The number of H-pyrrole nitrogens is 1. The van der Waals surface area contributed by atoms with Gasteiger partial charge >= 0.3 is 0 Å². The number of fused-ring (bicyclic) bond motifs is 1.